The van der Waals surface area contributed by atoms with Gasteiger partial charge in [0.05, 0.1) is 7.11 Å². The molecule has 0 aromatic heterocycles. The van der Waals surface area contributed by atoms with Gasteiger partial charge >= 0.3 is 16.3 Å². The number of benzene rings is 2. The van der Waals surface area contributed by atoms with E-state index in [1.54, 1.807) is 42.5 Å². The van der Waals surface area contributed by atoms with Crippen molar-refractivity contribution in [1.82, 2.24) is 4.72 Å². The maximum absolute atomic E-state index is 12.6. The number of hydrogen-bond donors (Lipinski definition) is 1. The molecule has 23 heavy (non-hydrogen) atoms. The summed E-state index contributed by atoms with van der Waals surface area (Å²) in [6, 6.07) is 13.4. The number of carbonyl (C=O) groups excluding carboxylic acids is 1. The predicted octanol–water partition coefficient (Wildman–Crippen LogP) is 1.64. The number of aryl methyl sites for hydroxylation is 1. The number of hydrogen-bond acceptors (Lipinski definition) is 5. The van der Waals surface area contributed by atoms with E-state index in [1.807, 2.05) is 6.92 Å². The monoisotopic (exact) mass is 333 g/mol. The number of rotatable bonds is 2. The lowest BCUT2D eigenvalue weighted by molar-refractivity contribution is -0.146. The second-order valence-corrected chi connectivity index (χ2v) is 6.52. The van der Waals surface area contributed by atoms with Crippen LogP contribution < -0.4 is 8.91 Å². The molecule has 7 heteroatoms. The molecule has 0 spiro atoms. The third-order valence-electron chi connectivity index (χ3n) is 3.74. The molecule has 0 aliphatic carbocycles. The molecule has 0 bridgehead atoms. The van der Waals surface area contributed by atoms with Gasteiger partial charge < -0.3 is 8.92 Å². The molecule has 0 saturated heterocycles. The first-order chi connectivity index (χ1) is 10.9. The van der Waals surface area contributed by atoms with Crippen molar-refractivity contribution in [2.75, 3.05) is 7.11 Å². The number of esters is 1. The van der Waals surface area contributed by atoms with E-state index in [0.717, 1.165) is 5.56 Å². The minimum Gasteiger partial charge on any atom is -0.467 e. The zero-order chi connectivity index (χ0) is 16.7. The van der Waals surface area contributed by atoms with Crippen LogP contribution >= 0.6 is 0 Å². The molecular formula is C16H15NO5S. The van der Waals surface area contributed by atoms with E-state index in [9.17, 15) is 13.2 Å². The van der Waals surface area contributed by atoms with Crippen LogP contribution in [0.1, 0.15) is 16.7 Å². The minimum absolute atomic E-state index is 0.0947. The van der Waals surface area contributed by atoms with Crippen molar-refractivity contribution in [3.63, 3.8) is 0 Å². The Morgan fingerprint density at radius 2 is 1.78 bits per heavy atom. The Kier molecular flexibility index (Phi) is 3.62. The molecule has 1 aliphatic heterocycles. The van der Waals surface area contributed by atoms with Crippen LogP contribution in [-0.2, 0) is 25.4 Å². The highest BCUT2D eigenvalue weighted by Crippen LogP contribution is 2.41. The van der Waals surface area contributed by atoms with Gasteiger partial charge in [0, 0.05) is 5.56 Å². The summed E-state index contributed by atoms with van der Waals surface area (Å²) in [5.41, 5.74) is 0.132. The van der Waals surface area contributed by atoms with Crippen molar-refractivity contribution in [2.45, 2.75) is 12.5 Å². The van der Waals surface area contributed by atoms with Gasteiger partial charge in [0.25, 0.3) is 0 Å². The fourth-order valence-corrected chi connectivity index (χ4v) is 3.78. The first kappa shape index (κ1) is 15.5. The number of carbonyl (C=O) groups is 1. The van der Waals surface area contributed by atoms with Gasteiger partial charge in [0.2, 0.25) is 0 Å². The van der Waals surface area contributed by atoms with Gasteiger partial charge in [-0.2, -0.15) is 13.1 Å². The Morgan fingerprint density at radius 1 is 1.13 bits per heavy atom. The number of fused-ring (bicyclic) bond motifs is 1. The molecule has 3 rings (SSSR count). The molecule has 0 radical (unpaired) electrons. The van der Waals surface area contributed by atoms with E-state index in [2.05, 4.69) is 4.72 Å². The van der Waals surface area contributed by atoms with Crippen molar-refractivity contribution in [3.05, 3.63) is 65.2 Å². The van der Waals surface area contributed by atoms with Crippen molar-refractivity contribution in [2.24, 2.45) is 0 Å². The average Bonchev–Trinajstić information content (AvgIpc) is 2.53. The quantitative estimate of drug-likeness (QED) is 0.845. The van der Waals surface area contributed by atoms with Crippen LogP contribution in [0.25, 0.3) is 0 Å². The summed E-state index contributed by atoms with van der Waals surface area (Å²) in [4.78, 5) is 12.6. The smallest absolute Gasteiger partial charge is 0.384 e. The topological polar surface area (TPSA) is 81.7 Å². The molecule has 0 unspecified atom stereocenters. The Morgan fingerprint density at radius 3 is 2.43 bits per heavy atom. The summed E-state index contributed by atoms with van der Waals surface area (Å²) in [5.74, 6) is -0.641. The van der Waals surface area contributed by atoms with Gasteiger partial charge in [0.1, 0.15) is 5.75 Å². The Hall–Kier alpha value is -2.38. The Labute approximate surface area is 134 Å². The first-order valence-corrected chi connectivity index (χ1v) is 8.28. The van der Waals surface area contributed by atoms with Gasteiger partial charge in [-0.25, -0.2) is 4.79 Å². The van der Waals surface area contributed by atoms with E-state index >= 15 is 0 Å². The highest BCUT2D eigenvalue weighted by Gasteiger charge is 2.52. The van der Waals surface area contributed by atoms with Crippen LogP contribution in [0.5, 0.6) is 5.75 Å². The molecule has 1 aliphatic rings. The third kappa shape index (κ3) is 2.47. The third-order valence-corrected chi connectivity index (χ3v) is 4.70. The van der Waals surface area contributed by atoms with Crippen molar-refractivity contribution >= 4 is 16.3 Å². The highest BCUT2D eigenvalue weighted by atomic mass is 32.2. The largest absolute Gasteiger partial charge is 0.467 e. The van der Waals surface area contributed by atoms with E-state index < -0.39 is 21.8 Å². The molecule has 0 fully saturated rings. The fourth-order valence-electron chi connectivity index (χ4n) is 2.67. The van der Waals surface area contributed by atoms with Gasteiger partial charge in [-0.3, -0.25) is 0 Å². The van der Waals surface area contributed by atoms with E-state index in [0.29, 0.717) is 11.1 Å². The number of ether oxygens (including phenoxy) is 1. The minimum atomic E-state index is -4.17. The molecule has 1 N–H and O–H groups in total. The number of para-hydroxylation sites is 1. The van der Waals surface area contributed by atoms with Crippen LogP contribution in [0, 0.1) is 6.92 Å². The van der Waals surface area contributed by atoms with Crippen molar-refractivity contribution in [3.8, 4) is 5.75 Å². The van der Waals surface area contributed by atoms with Crippen LogP contribution in [0.4, 0.5) is 0 Å². The number of methoxy groups -OCH3 is 1. The molecule has 2 aromatic carbocycles. The van der Waals surface area contributed by atoms with E-state index in [4.69, 9.17) is 8.92 Å². The molecular weight excluding hydrogens is 318 g/mol. The average molecular weight is 333 g/mol. The maximum Gasteiger partial charge on any atom is 0.384 e. The predicted molar refractivity (Wildman–Crippen MR) is 83.1 cm³/mol. The van der Waals surface area contributed by atoms with Gasteiger partial charge in [-0.05, 0) is 18.6 Å². The van der Waals surface area contributed by atoms with Gasteiger partial charge in [-0.15, -0.1) is 0 Å². The molecule has 120 valence electrons. The van der Waals surface area contributed by atoms with Crippen LogP contribution in [0.15, 0.2) is 48.5 Å². The fraction of sp³-hybridized carbons (Fsp3) is 0.188. The van der Waals surface area contributed by atoms with Gasteiger partial charge in [0.15, 0.2) is 5.54 Å². The second kappa shape index (κ2) is 5.36. The molecule has 2 aromatic rings. The lowest BCUT2D eigenvalue weighted by atomic mass is 9.83. The van der Waals surface area contributed by atoms with Crippen LogP contribution in [0.2, 0.25) is 0 Å². The summed E-state index contributed by atoms with van der Waals surface area (Å²) < 4.78 is 36.5. The zero-order valence-corrected chi connectivity index (χ0v) is 13.4. The van der Waals surface area contributed by atoms with Crippen LogP contribution in [0.3, 0.4) is 0 Å². The first-order valence-electron chi connectivity index (χ1n) is 6.87. The molecule has 1 atom stereocenters. The zero-order valence-electron chi connectivity index (χ0n) is 12.6. The highest BCUT2D eigenvalue weighted by molar-refractivity contribution is 7.85. The summed E-state index contributed by atoms with van der Waals surface area (Å²) in [6.07, 6.45) is 0. The standard InChI is InChI=1S/C16H15NO5S/c1-11-7-9-12(10-8-11)16(15(18)21-2)13-5-3-4-6-14(13)22-23(19,20)17-16/h3-10,17H,1-2H3/t16-/m1/s1. The lowest BCUT2D eigenvalue weighted by Gasteiger charge is -2.36. The summed E-state index contributed by atoms with van der Waals surface area (Å²) in [6.45, 7) is 1.90. The Balaban J connectivity index is 2.36. The van der Waals surface area contributed by atoms with Crippen molar-refractivity contribution in [1.29, 1.82) is 0 Å². The normalized spacial score (nSPS) is 21.8. The molecule has 0 saturated carbocycles. The SMILES string of the molecule is COC(=O)[C@]1(c2ccc(C)cc2)NS(=O)(=O)Oc2ccccc21. The summed E-state index contributed by atoms with van der Waals surface area (Å²) in [5, 5.41) is 0. The maximum atomic E-state index is 12.6. The van der Waals surface area contributed by atoms with Crippen molar-refractivity contribution < 1.29 is 22.1 Å². The van der Waals surface area contributed by atoms with E-state index in [-0.39, 0.29) is 5.75 Å². The lowest BCUT2D eigenvalue weighted by Crippen LogP contribution is -2.56. The molecule has 6 nitrogen and oxygen atoms in total. The summed E-state index contributed by atoms with van der Waals surface area (Å²) in [7, 11) is -2.96. The summed E-state index contributed by atoms with van der Waals surface area (Å²) >= 11 is 0. The number of nitrogens with one attached hydrogen (secondary N) is 1. The second-order valence-electron chi connectivity index (χ2n) is 5.24. The van der Waals surface area contributed by atoms with E-state index in [1.165, 1.54) is 13.2 Å². The van der Waals surface area contributed by atoms with Gasteiger partial charge in [-0.1, -0.05) is 48.0 Å². The van der Waals surface area contributed by atoms with Crippen LogP contribution in [-0.4, -0.2) is 21.5 Å². The Bertz CT molecular complexity index is 860. The molecule has 0 amide bonds. The molecule has 1 heterocycles.